The fraction of sp³-hybridized carbons (Fsp3) is 0.111. The number of alkyl halides is 2. The number of nitrogens with zero attached hydrogens (tertiary/aromatic N) is 5. The van der Waals surface area contributed by atoms with E-state index in [1.807, 2.05) is 6.92 Å². The standard InChI is InChI=1S/C18H14ClF2N7O/c1-9-23-13-7-2-10(19)8-14(13)28(9)18-26-16(22)25-17(27-18)24-11-3-5-12(6-4-11)29-15(20)21/h2-8,15H,1H3,(H3,22,24,25,26,27). The van der Waals surface area contributed by atoms with Crippen LogP contribution < -0.4 is 15.8 Å². The number of anilines is 3. The van der Waals surface area contributed by atoms with E-state index >= 15 is 0 Å². The Balaban J connectivity index is 1.69. The van der Waals surface area contributed by atoms with Crippen LogP contribution in [0.1, 0.15) is 5.82 Å². The van der Waals surface area contributed by atoms with Crippen molar-refractivity contribution < 1.29 is 13.5 Å². The molecule has 0 saturated carbocycles. The molecule has 0 amide bonds. The molecule has 0 aliphatic carbocycles. The molecule has 29 heavy (non-hydrogen) atoms. The molecule has 0 atom stereocenters. The topological polar surface area (TPSA) is 104 Å². The molecule has 0 spiro atoms. The molecule has 4 aromatic rings. The Bertz CT molecular complexity index is 1180. The molecule has 0 unspecified atom stereocenters. The third kappa shape index (κ3) is 4.02. The molecular weight excluding hydrogens is 404 g/mol. The molecule has 2 heterocycles. The third-order valence-electron chi connectivity index (χ3n) is 3.96. The van der Waals surface area contributed by atoms with Gasteiger partial charge in [-0.1, -0.05) is 11.6 Å². The average Bonchev–Trinajstić information content (AvgIpc) is 2.97. The van der Waals surface area contributed by atoms with Gasteiger partial charge in [0.15, 0.2) is 0 Å². The van der Waals surface area contributed by atoms with Crippen LogP contribution in [0.15, 0.2) is 42.5 Å². The maximum Gasteiger partial charge on any atom is 0.387 e. The Kier molecular flexibility index (Phi) is 4.85. The van der Waals surface area contributed by atoms with Gasteiger partial charge in [0.1, 0.15) is 11.6 Å². The van der Waals surface area contributed by atoms with Crippen LogP contribution in [-0.2, 0) is 0 Å². The summed E-state index contributed by atoms with van der Waals surface area (Å²) in [6, 6.07) is 11.2. The van der Waals surface area contributed by atoms with Gasteiger partial charge in [0.2, 0.25) is 17.8 Å². The SMILES string of the molecule is Cc1nc2ccc(Cl)cc2n1-c1nc(N)nc(Nc2ccc(OC(F)F)cc2)n1. The summed E-state index contributed by atoms with van der Waals surface area (Å²) >= 11 is 6.11. The lowest BCUT2D eigenvalue weighted by Crippen LogP contribution is -2.10. The Morgan fingerprint density at radius 3 is 2.55 bits per heavy atom. The lowest BCUT2D eigenvalue weighted by Gasteiger charge is -2.10. The Hall–Kier alpha value is -3.53. The van der Waals surface area contributed by atoms with Crippen LogP contribution in [0.3, 0.4) is 0 Å². The Morgan fingerprint density at radius 2 is 1.83 bits per heavy atom. The lowest BCUT2D eigenvalue weighted by atomic mass is 10.3. The summed E-state index contributed by atoms with van der Waals surface area (Å²) in [4.78, 5) is 17.1. The zero-order valence-corrected chi connectivity index (χ0v) is 15.7. The summed E-state index contributed by atoms with van der Waals surface area (Å²) in [5.41, 5.74) is 7.86. The van der Waals surface area contributed by atoms with Crippen LogP contribution in [0.4, 0.5) is 26.4 Å². The highest BCUT2D eigenvalue weighted by Crippen LogP contribution is 2.24. The minimum absolute atomic E-state index is 0.00145. The van der Waals surface area contributed by atoms with Gasteiger partial charge in [-0.2, -0.15) is 23.7 Å². The van der Waals surface area contributed by atoms with E-state index in [4.69, 9.17) is 17.3 Å². The summed E-state index contributed by atoms with van der Waals surface area (Å²) in [6.07, 6.45) is 0. The van der Waals surface area contributed by atoms with E-state index in [1.165, 1.54) is 12.1 Å². The molecule has 148 valence electrons. The van der Waals surface area contributed by atoms with E-state index in [1.54, 1.807) is 34.9 Å². The van der Waals surface area contributed by atoms with Crippen LogP contribution in [0.5, 0.6) is 5.75 Å². The first-order chi connectivity index (χ1) is 13.9. The molecule has 0 aliphatic heterocycles. The van der Waals surface area contributed by atoms with Gasteiger partial charge >= 0.3 is 6.61 Å². The number of hydrogen-bond acceptors (Lipinski definition) is 7. The van der Waals surface area contributed by atoms with Gasteiger partial charge in [-0.05, 0) is 49.4 Å². The molecule has 0 radical (unpaired) electrons. The van der Waals surface area contributed by atoms with Crippen molar-refractivity contribution in [1.82, 2.24) is 24.5 Å². The van der Waals surface area contributed by atoms with Crippen molar-refractivity contribution in [2.24, 2.45) is 0 Å². The van der Waals surface area contributed by atoms with Crippen molar-refractivity contribution in [1.29, 1.82) is 0 Å². The fourth-order valence-corrected chi connectivity index (χ4v) is 2.97. The highest BCUT2D eigenvalue weighted by molar-refractivity contribution is 6.31. The molecule has 0 aliphatic rings. The van der Waals surface area contributed by atoms with Crippen LogP contribution in [0.2, 0.25) is 5.02 Å². The monoisotopic (exact) mass is 417 g/mol. The molecular formula is C18H14ClF2N7O. The smallest absolute Gasteiger partial charge is 0.387 e. The van der Waals surface area contributed by atoms with Crippen LogP contribution in [-0.4, -0.2) is 31.1 Å². The van der Waals surface area contributed by atoms with E-state index in [9.17, 15) is 8.78 Å². The largest absolute Gasteiger partial charge is 0.435 e. The predicted octanol–water partition coefficient (Wildman–Crippen LogP) is 4.10. The quantitative estimate of drug-likeness (QED) is 0.503. The zero-order valence-electron chi connectivity index (χ0n) is 15.0. The van der Waals surface area contributed by atoms with E-state index in [2.05, 4.69) is 30.0 Å². The second-order valence-electron chi connectivity index (χ2n) is 5.97. The zero-order chi connectivity index (χ0) is 20.5. The summed E-state index contributed by atoms with van der Waals surface area (Å²) < 4.78 is 30.6. The average molecular weight is 418 g/mol. The van der Waals surface area contributed by atoms with E-state index in [0.717, 1.165) is 11.0 Å². The number of imidazole rings is 1. The molecule has 8 nitrogen and oxygen atoms in total. The number of nitrogens with one attached hydrogen (secondary N) is 1. The first-order valence-electron chi connectivity index (χ1n) is 8.37. The van der Waals surface area contributed by atoms with Crippen molar-refractivity contribution in [2.45, 2.75) is 13.5 Å². The summed E-state index contributed by atoms with van der Waals surface area (Å²) in [6.45, 7) is -1.08. The number of halogens is 3. The van der Waals surface area contributed by atoms with Crippen molar-refractivity contribution in [3.63, 3.8) is 0 Å². The molecule has 3 N–H and O–H groups in total. The Labute approximate surface area is 168 Å². The molecule has 4 rings (SSSR count). The van der Waals surface area contributed by atoms with Crippen molar-refractivity contribution in [2.75, 3.05) is 11.1 Å². The second-order valence-corrected chi connectivity index (χ2v) is 6.41. The van der Waals surface area contributed by atoms with Crippen LogP contribution >= 0.6 is 11.6 Å². The molecule has 11 heteroatoms. The van der Waals surface area contributed by atoms with Gasteiger partial charge in [0.05, 0.1) is 11.0 Å². The van der Waals surface area contributed by atoms with Crippen LogP contribution in [0.25, 0.3) is 17.0 Å². The first kappa shape index (κ1) is 18.8. The number of aromatic nitrogens is 5. The molecule has 0 saturated heterocycles. The minimum atomic E-state index is -2.89. The van der Waals surface area contributed by atoms with Crippen molar-refractivity contribution >= 4 is 40.2 Å². The van der Waals surface area contributed by atoms with Gasteiger partial charge in [0, 0.05) is 10.7 Å². The van der Waals surface area contributed by atoms with Gasteiger partial charge in [-0.15, -0.1) is 0 Å². The summed E-state index contributed by atoms with van der Waals surface area (Å²) in [7, 11) is 0. The number of hydrogen-bond donors (Lipinski definition) is 2. The summed E-state index contributed by atoms with van der Waals surface area (Å²) in [5, 5.41) is 3.51. The number of aryl methyl sites for hydroxylation is 1. The second kappa shape index (κ2) is 7.47. The minimum Gasteiger partial charge on any atom is -0.435 e. The Morgan fingerprint density at radius 1 is 1.07 bits per heavy atom. The fourth-order valence-electron chi connectivity index (χ4n) is 2.81. The number of nitrogen functional groups attached to an aromatic ring is 1. The molecule has 2 aromatic carbocycles. The number of fused-ring (bicyclic) bond motifs is 1. The van der Waals surface area contributed by atoms with Gasteiger partial charge in [-0.3, -0.25) is 4.57 Å². The number of ether oxygens (including phenoxy) is 1. The molecule has 2 aromatic heterocycles. The number of rotatable bonds is 5. The van der Waals surface area contributed by atoms with Crippen molar-refractivity contribution in [3.8, 4) is 11.7 Å². The van der Waals surface area contributed by atoms with Gasteiger partial charge in [0.25, 0.3) is 0 Å². The predicted molar refractivity (Wildman–Crippen MR) is 105 cm³/mol. The molecule has 0 bridgehead atoms. The van der Waals surface area contributed by atoms with E-state index in [-0.39, 0.29) is 23.6 Å². The van der Waals surface area contributed by atoms with Crippen molar-refractivity contribution in [3.05, 3.63) is 53.3 Å². The number of benzene rings is 2. The van der Waals surface area contributed by atoms with E-state index in [0.29, 0.717) is 16.5 Å². The van der Waals surface area contributed by atoms with E-state index < -0.39 is 6.61 Å². The normalized spacial score (nSPS) is 11.2. The maximum absolute atomic E-state index is 12.3. The lowest BCUT2D eigenvalue weighted by molar-refractivity contribution is -0.0498. The van der Waals surface area contributed by atoms with Crippen LogP contribution in [0, 0.1) is 6.92 Å². The summed E-state index contributed by atoms with van der Waals surface area (Å²) in [5.74, 6) is 1.13. The highest BCUT2D eigenvalue weighted by atomic mass is 35.5. The molecule has 0 fully saturated rings. The highest BCUT2D eigenvalue weighted by Gasteiger charge is 2.14. The first-order valence-corrected chi connectivity index (χ1v) is 8.75. The number of nitrogens with two attached hydrogens (primary N) is 1. The van der Waals surface area contributed by atoms with Gasteiger partial charge < -0.3 is 15.8 Å². The maximum atomic E-state index is 12.3. The third-order valence-corrected chi connectivity index (χ3v) is 4.20. The van der Waals surface area contributed by atoms with Gasteiger partial charge in [-0.25, -0.2) is 4.98 Å².